The fourth-order valence-corrected chi connectivity index (χ4v) is 3.09. The van der Waals surface area contributed by atoms with Crippen LogP contribution in [0.3, 0.4) is 0 Å². The first-order chi connectivity index (χ1) is 11.2. The van der Waals surface area contributed by atoms with E-state index < -0.39 is 5.76 Å². The summed E-state index contributed by atoms with van der Waals surface area (Å²) in [6, 6.07) is 11.2. The maximum absolute atomic E-state index is 12.4. The highest BCUT2D eigenvalue weighted by molar-refractivity contribution is 7.13. The minimum atomic E-state index is -0.621. The lowest BCUT2D eigenvalue weighted by atomic mass is 10.1. The highest BCUT2D eigenvalue weighted by Crippen LogP contribution is 2.21. The minimum Gasteiger partial charge on any atom is -0.295 e. The standard InChI is InChI=1S/C17H16N2O3S/c1-2-4-12-6-8-13(9-7-12)14(20)11-19-16(18-22-17(19)21)15-5-3-10-23-15/h3,5-10H,2,4,11H2,1H3. The first kappa shape index (κ1) is 15.4. The van der Waals surface area contributed by atoms with E-state index in [1.807, 2.05) is 29.6 Å². The number of thiophene rings is 1. The molecule has 0 spiro atoms. The summed E-state index contributed by atoms with van der Waals surface area (Å²) in [6.45, 7) is 2.03. The van der Waals surface area contributed by atoms with Crippen LogP contribution in [0.15, 0.2) is 51.1 Å². The van der Waals surface area contributed by atoms with Crippen LogP contribution in [-0.2, 0) is 13.0 Å². The lowest BCUT2D eigenvalue weighted by molar-refractivity contribution is 0.0970. The fraction of sp³-hybridized carbons (Fsp3) is 0.235. The molecule has 5 nitrogen and oxygen atoms in total. The minimum absolute atomic E-state index is 0.0807. The normalized spacial score (nSPS) is 10.8. The summed E-state index contributed by atoms with van der Waals surface area (Å²) in [7, 11) is 0. The van der Waals surface area contributed by atoms with Crippen molar-refractivity contribution in [1.82, 2.24) is 9.72 Å². The molecule has 0 saturated carbocycles. The Morgan fingerprint density at radius 1 is 1.26 bits per heavy atom. The maximum Gasteiger partial charge on any atom is 0.442 e. The molecule has 0 amide bonds. The zero-order valence-corrected chi connectivity index (χ0v) is 13.5. The molecule has 1 aromatic carbocycles. The predicted molar refractivity (Wildman–Crippen MR) is 88.8 cm³/mol. The van der Waals surface area contributed by atoms with Crippen LogP contribution < -0.4 is 5.76 Å². The first-order valence-corrected chi connectivity index (χ1v) is 8.29. The topological polar surface area (TPSA) is 65.1 Å². The summed E-state index contributed by atoms with van der Waals surface area (Å²) in [5.74, 6) is -0.374. The van der Waals surface area contributed by atoms with Gasteiger partial charge in [-0.05, 0) is 23.4 Å². The van der Waals surface area contributed by atoms with Gasteiger partial charge in [0.25, 0.3) is 0 Å². The predicted octanol–water partition coefficient (Wildman–Crippen LogP) is 3.40. The molecule has 0 bridgehead atoms. The number of benzene rings is 1. The molecule has 0 aliphatic carbocycles. The average Bonchev–Trinajstić information content (AvgIpc) is 3.19. The van der Waals surface area contributed by atoms with E-state index in [4.69, 9.17) is 4.52 Å². The van der Waals surface area contributed by atoms with Crippen molar-refractivity contribution in [3.63, 3.8) is 0 Å². The van der Waals surface area contributed by atoms with Gasteiger partial charge in [0, 0.05) is 5.56 Å². The molecule has 3 aromatic rings. The molecule has 0 radical (unpaired) electrons. The molecule has 6 heteroatoms. The monoisotopic (exact) mass is 328 g/mol. The van der Waals surface area contributed by atoms with E-state index in [1.165, 1.54) is 21.5 Å². The third kappa shape index (κ3) is 3.32. The molecule has 23 heavy (non-hydrogen) atoms. The molecule has 3 rings (SSSR count). The van der Waals surface area contributed by atoms with Gasteiger partial charge in [0.1, 0.15) is 0 Å². The number of nitrogens with zero attached hydrogens (tertiary/aromatic N) is 2. The van der Waals surface area contributed by atoms with Crippen molar-refractivity contribution in [3.05, 3.63) is 63.5 Å². The zero-order valence-electron chi connectivity index (χ0n) is 12.7. The number of carbonyl (C=O) groups excluding carboxylic acids is 1. The second-order valence-electron chi connectivity index (χ2n) is 5.21. The first-order valence-electron chi connectivity index (χ1n) is 7.41. The molecule has 2 heterocycles. The van der Waals surface area contributed by atoms with Crippen LogP contribution in [-0.4, -0.2) is 15.5 Å². The fourth-order valence-electron chi connectivity index (χ4n) is 2.37. The van der Waals surface area contributed by atoms with E-state index >= 15 is 0 Å². The highest BCUT2D eigenvalue weighted by Gasteiger charge is 2.17. The van der Waals surface area contributed by atoms with Crippen molar-refractivity contribution in [3.8, 4) is 10.7 Å². The van der Waals surface area contributed by atoms with Crippen LogP contribution >= 0.6 is 11.3 Å². The maximum atomic E-state index is 12.4. The summed E-state index contributed by atoms with van der Waals surface area (Å²) >= 11 is 1.44. The summed E-state index contributed by atoms with van der Waals surface area (Å²) in [4.78, 5) is 25.1. The van der Waals surface area contributed by atoms with Gasteiger partial charge < -0.3 is 0 Å². The second-order valence-corrected chi connectivity index (χ2v) is 6.15. The van der Waals surface area contributed by atoms with E-state index in [2.05, 4.69) is 12.1 Å². The molecule has 0 aliphatic rings. The Labute approximate surface area is 137 Å². The van der Waals surface area contributed by atoms with E-state index in [1.54, 1.807) is 12.1 Å². The van der Waals surface area contributed by atoms with Gasteiger partial charge >= 0.3 is 5.76 Å². The molecular weight excluding hydrogens is 312 g/mol. The highest BCUT2D eigenvalue weighted by atomic mass is 32.1. The summed E-state index contributed by atoms with van der Waals surface area (Å²) in [5, 5.41) is 5.66. The number of carbonyl (C=O) groups is 1. The number of hydrogen-bond donors (Lipinski definition) is 0. The van der Waals surface area contributed by atoms with Crippen LogP contribution in [0.5, 0.6) is 0 Å². The smallest absolute Gasteiger partial charge is 0.295 e. The number of rotatable bonds is 6. The third-order valence-electron chi connectivity index (χ3n) is 3.54. The molecule has 118 valence electrons. The Morgan fingerprint density at radius 2 is 2.04 bits per heavy atom. The number of Topliss-reactive ketones (excluding diaryl/α,β-unsaturated/α-hetero) is 1. The SMILES string of the molecule is CCCc1ccc(C(=O)Cn2c(-c3cccs3)noc2=O)cc1. The van der Waals surface area contributed by atoms with Crippen LogP contribution in [0, 0.1) is 0 Å². The molecule has 0 N–H and O–H groups in total. The van der Waals surface area contributed by atoms with Crippen molar-refractivity contribution in [2.45, 2.75) is 26.3 Å². The second kappa shape index (κ2) is 6.75. The van der Waals surface area contributed by atoms with Gasteiger partial charge in [-0.2, -0.15) is 0 Å². The third-order valence-corrected chi connectivity index (χ3v) is 4.41. The molecule has 0 fully saturated rings. The Kier molecular flexibility index (Phi) is 4.52. The van der Waals surface area contributed by atoms with Gasteiger partial charge in [0.2, 0.25) is 0 Å². The van der Waals surface area contributed by atoms with Crippen molar-refractivity contribution >= 4 is 17.1 Å². The number of hydrogen-bond acceptors (Lipinski definition) is 5. The molecule has 0 unspecified atom stereocenters. The lowest BCUT2D eigenvalue weighted by Gasteiger charge is -2.04. The van der Waals surface area contributed by atoms with Gasteiger partial charge in [0.15, 0.2) is 11.6 Å². The Hall–Kier alpha value is -2.47. The molecule has 2 aromatic heterocycles. The lowest BCUT2D eigenvalue weighted by Crippen LogP contribution is -2.21. The van der Waals surface area contributed by atoms with Gasteiger partial charge in [-0.15, -0.1) is 11.3 Å². The van der Waals surface area contributed by atoms with Crippen LogP contribution in [0.1, 0.15) is 29.3 Å². The van der Waals surface area contributed by atoms with Crippen LogP contribution in [0.25, 0.3) is 10.7 Å². The summed E-state index contributed by atoms with van der Waals surface area (Å²) in [5.41, 5.74) is 1.78. The van der Waals surface area contributed by atoms with Crippen molar-refractivity contribution in [2.75, 3.05) is 0 Å². The average molecular weight is 328 g/mol. The Bertz CT molecular complexity index is 845. The van der Waals surface area contributed by atoms with Crippen molar-refractivity contribution in [1.29, 1.82) is 0 Å². The van der Waals surface area contributed by atoms with E-state index in [0.717, 1.165) is 17.7 Å². The van der Waals surface area contributed by atoms with E-state index in [0.29, 0.717) is 11.4 Å². The van der Waals surface area contributed by atoms with E-state index in [9.17, 15) is 9.59 Å². The zero-order chi connectivity index (χ0) is 16.2. The van der Waals surface area contributed by atoms with E-state index in [-0.39, 0.29) is 12.3 Å². The molecule has 0 aliphatic heterocycles. The van der Waals surface area contributed by atoms with Crippen molar-refractivity contribution < 1.29 is 9.32 Å². The molecule has 0 atom stereocenters. The van der Waals surface area contributed by atoms with Gasteiger partial charge in [-0.25, -0.2) is 9.36 Å². The van der Waals surface area contributed by atoms with Crippen LogP contribution in [0.2, 0.25) is 0 Å². The Balaban J connectivity index is 1.83. The number of ketones is 1. The summed E-state index contributed by atoms with van der Waals surface area (Å²) < 4.78 is 5.99. The van der Waals surface area contributed by atoms with Gasteiger partial charge in [0.05, 0.1) is 11.4 Å². The number of aromatic nitrogens is 2. The summed E-state index contributed by atoms with van der Waals surface area (Å²) in [6.07, 6.45) is 2.05. The molecular formula is C17H16N2O3S. The van der Waals surface area contributed by atoms with Gasteiger partial charge in [-0.1, -0.05) is 48.8 Å². The number of aryl methyl sites for hydroxylation is 1. The quantitative estimate of drug-likeness (QED) is 0.651. The Morgan fingerprint density at radius 3 is 2.70 bits per heavy atom. The van der Waals surface area contributed by atoms with Gasteiger partial charge in [-0.3, -0.25) is 9.32 Å². The van der Waals surface area contributed by atoms with Crippen molar-refractivity contribution in [2.24, 2.45) is 0 Å². The largest absolute Gasteiger partial charge is 0.442 e. The molecule has 0 saturated heterocycles. The van der Waals surface area contributed by atoms with Crippen LogP contribution in [0.4, 0.5) is 0 Å².